The summed E-state index contributed by atoms with van der Waals surface area (Å²) < 4.78 is 2.32. The lowest BCUT2D eigenvalue weighted by Gasteiger charge is -2.05. The van der Waals surface area contributed by atoms with E-state index in [2.05, 4.69) is 49.9 Å². The van der Waals surface area contributed by atoms with Crippen LogP contribution in [-0.4, -0.2) is 0 Å². The third-order valence-electron chi connectivity index (χ3n) is 6.05. The highest BCUT2D eigenvalue weighted by Gasteiger charge is 2.06. The van der Waals surface area contributed by atoms with Crippen LogP contribution in [0, 0.1) is 0 Å². The first-order valence-corrected chi connectivity index (χ1v) is 12.7. The van der Waals surface area contributed by atoms with Gasteiger partial charge in [-0.3, -0.25) is 0 Å². The molecule has 0 aliphatic heterocycles. The summed E-state index contributed by atoms with van der Waals surface area (Å²) in [5, 5.41) is 0. The zero-order chi connectivity index (χ0) is 20.3. The smallest absolute Gasteiger partial charge is 0.172 e. The van der Waals surface area contributed by atoms with Crippen molar-refractivity contribution in [3.05, 3.63) is 30.1 Å². The summed E-state index contributed by atoms with van der Waals surface area (Å²) in [5.41, 5.74) is 1.50. The molecule has 0 saturated heterocycles. The maximum atomic E-state index is 2.33. The van der Waals surface area contributed by atoms with Gasteiger partial charge in [-0.1, -0.05) is 110 Å². The maximum absolute atomic E-state index is 2.33. The minimum absolute atomic E-state index is 0.565. The molecule has 1 aromatic rings. The van der Waals surface area contributed by atoms with E-state index in [0.717, 1.165) is 0 Å². The van der Waals surface area contributed by atoms with Gasteiger partial charge in [0, 0.05) is 11.6 Å². The summed E-state index contributed by atoms with van der Waals surface area (Å²) in [6.07, 6.45) is 30.3. The number of hydrogen-bond acceptors (Lipinski definition) is 0. The summed E-state index contributed by atoms with van der Waals surface area (Å²) in [6, 6.07) is 5.05. The molecule has 0 bridgehead atoms. The summed E-state index contributed by atoms with van der Waals surface area (Å²) in [5.74, 6) is 0. The lowest BCUT2D eigenvalue weighted by molar-refractivity contribution is -0.716. The van der Waals surface area contributed by atoms with Crippen molar-refractivity contribution in [2.45, 2.75) is 142 Å². The predicted octanol–water partition coefficient (Wildman–Crippen LogP) is 8.75. The molecule has 0 N–H and O–H groups in total. The van der Waals surface area contributed by atoms with E-state index >= 15 is 0 Å². The van der Waals surface area contributed by atoms with Gasteiger partial charge < -0.3 is 0 Å². The van der Waals surface area contributed by atoms with E-state index in [-0.39, 0.29) is 0 Å². The number of aryl methyl sites for hydroxylation is 1. The largest absolute Gasteiger partial charge is 0.203 e. The van der Waals surface area contributed by atoms with E-state index < -0.39 is 0 Å². The fraction of sp³-hybridized carbons (Fsp3) is 0.815. The number of aromatic nitrogens is 1. The molecule has 1 aromatic heterocycles. The third kappa shape index (κ3) is 14.2. The first-order chi connectivity index (χ1) is 13.7. The molecule has 0 unspecified atom stereocenters. The highest BCUT2D eigenvalue weighted by molar-refractivity contribution is 5.05. The Hall–Kier alpha value is -0.850. The van der Waals surface area contributed by atoms with Gasteiger partial charge in [0.15, 0.2) is 18.4 Å². The first kappa shape index (κ1) is 25.2. The Bertz CT molecular complexity index is 451. The molecule has 28 heavy (non-hydrogen) atoms. The molecule has 1 heterocycles. The van der Waals surface area contributed by atoms with Crippen LogP contribution in [0.2, 0.25) is 0 Å². The van der Waals surface area contributed by atoms with Crippen LogP contribution >= 0.6 is 0 Å². The number of unbranched alkanes of at least 4 members (excludes halogenated alkanes) is 16. The van der Waals surface area contributed by atoms with Crippen LogP contribution in [0.5, 0.6) is 0 Å². The Kier molecular flexibility index (Phi) is 16.4. The Balaban J connectivity index is 1.80. The Labute approximate surface area is 177 Å². The number of pyridine rings is 1. The lowest BCUT2D eigenvalue weighted by atomic mass is 10.0. The van der Waals surface area contributed by atoms with Crippen molar-refractivity contribution < 1.29 is 4.57 Å². The average Bonchev–Trinajstić information content (AvgIpc) is 2.70. The van der Waals surface area contributed by atoms with Gasteiger partial charge >= 0.3 is 0 Å². The van der Waals surface area contributed by atoms with Crippen molar-refractivity contribution in [3.8, 4) is 0 Å². The molecule has 0 aliphatic carbocycles. The quantitative estimate of drug-likeness (QED) is 0.165. The Morgan fingerprint density at radius 1 is 0.643 bits per heavy atom. The van der Waals surface area contributed by atoms with Crippen LogP contribution < -0.4 is 4.57 Å². The Morgan fingerprint density at radius 3 is 1.50 bits per heavy atom. The van der Waals surface area contributed by atoms with E-state index in [4.69, 9.17) is 0 Å². The van der Waals surface area contributed by atoms with Crippen LogP contribution in [0.3, 0.4) is 0 Å². The minimum atomic E-state index is 0.565. The van der Waals surface area contributed by atoms with Gasteiger partial charge in [0.1, 0.15) is 0 Å². The summed E-state index contributed by atoms with van der Waals surface area (Å²) in [7, 11) is 0. The van der Waals surface area contributed by atoms with E-state index in [1.165, 1.54) is 121 Å². The van der Waals surface area contributed by atoms with Crippen molar-refractivity contribution >= 4 is 0 Å². The van der Waals surface area contributed by atoms with Gasteiger partial charge in [0.2, 0.25) is 0 Å². The highest BCUT2D eigenvalue weighted by Crippen LogP contribution is 2.14. The van der Waals surface area contributed by atoms with Gasteiger partial charge in [0.25, 0.3) is 0 Å². The van der Waals surface area contributed by atoms with Gasteiger partial charge in [-0.2, -0.15) is 0 Å². The fourth-order valence-corrected chi connectivity index (χ4v) is 4.07. The van der Waals surface area contributed by atoms with Gasteiger partial charge in [-0.15, -0.1) is 0 Å². The molecule has 1 rings (SSSR count). The number of rotatable bonds is 19. The molecule has 0 aromatic carbocycles. The Morgan fingerprint density at radius 2 is 1.07 bits per heavy atom. The van der Waals surface area contributed by atoms with Crippen molar-refractivity contribution in [3.63, 3.8) is 0 Å². The van der Waals surface area contributed by atoms with E-state index in [0.29, 0.717) is 6.04 Å². The third-order valence-corrected chi connectivity index (χ3v) is 6.05. The van der Waals surface area contributed by atoms with Crippen molar-refractivity contribution in [2.75, 3.05) is 0 Å². The monoisotopic (exact) mass is 388 g/mol. The molecule has 0 aliphatic rings. The van der Waals surface area contributed by atoms with Crippen LogP contribution in [0.15, 0.2) is 24.5 Å². The molecule has 0 saturated carbocycles. The van der Waals surface area contributed by atoms with Gasteiger partial charge in [-0.25, -0.2) is 4.57 Å². The molecule has 1 heteroatoms. The van der Waals surface area contributed by atoms with Gasteiger partial charge in [0.05, 0.1) is 0 Å². The highest BCUT2D eigenvalue weighted by atomic mass is 15.0. The van der Waals surface area contributed by atoms with Crippen LogP contribution in [-0.2, 0) is 6.42 Å². The van der Waals surface area contributed by atoms with Crippen LogP contribution in [0.1, 0.15) is 142 Å². The van der Waals surface area contributed by atoms with Crippen LogP contribution in [0.25, 0.3) is 0 Å². The van der Waals surface area contributed by atoms with E-state index in [9.17, 15) is 0 Å². The topological polar surface area (TPSA) is 3.88 Å². The summed E-state index contributed by atoms with van der Waals surface area (Å²) >= 11 is 0. The molecule has 162 valence electrons. The summed E-state index contributed by atoms with van der Waals surface area (Å²) in [6.45, 7) is 6.80. The second-order valence-corrected chi connectivity index (χ2v) is 9.16. The van der Waals surface area contributed by atoms with E-state index in [1.54, 1.807) is 0 Å². The minimum Gasteiger partial charge on any atom is -0.203 e. The summed E-state index contributed by atoms with van der Waals surface area (Å²) in [4.78, 5) is 0. The van der Waals surface area contributed by atoms with Crippen molar-refractivity contribution in [2.24, 2.45) is 0 Å². The first-order valence-electron chi connectivity index (χ1n) is 12.7. The maximum Gasteiger partial charge on any atom is 0.172 e. The molecule has 0 radical (unpaired) electrons. The average molecular weight is 389 g/mol. The van der Waals surface area contributed by atoms with Crippen LogP contribution in [0.4, 0.5) is 0 Å². The predicted molar refractivity (Wildman–Crippen MR) is 125 cm³/mol. The number of nitrogens with zero attached hydrogens (tertiary/aromatic N) is 1. The molecule has 0 fully saturated rings. The molecular formula is C27H50N+. The van der Waals surface area contributed by atoms with Crippen molar-refractivity contribution in [1.29, 1.82) is 0 Å². The second-order valence-electron chi connectivity index (χ2n) is 9.16. The SMILES string of the molecule is CCCCCCCCCCCCCCCCCCCc1ccc[n+](C(C)C)c1. The molecule has 0 amide bonds. The second kappa shape index (κ2) is 18.2. The fourth-order valence-electron chi connectivity index (χ4n) is 4.07. The van der Waals surface area contributed by atoms with E-state index in [1.807, 2.05) is 0 Å². The zero-order valence-corrected chi connectivity index (χ0v) is 19.6. The molecule has 0 atom stereocenters. The molecule has 0 spiro atoms. The number of hydrogen-bond donors (Lipinski definition) is 0. The zero-order valence-electron chi connectivity index (χ0n) is 19.6. The normalized spacial score (nSPS) is 11.4. The molecule has 1 nitrogen and oxygen atoms in total. The lowest BCUT2D eigenvalue weighted by Crippen LogP contribution is -2.35. The van der Waals surface area contributed by atoms with Gasteiger partial charge in [-0.05, 0) is 32.8 Å². The van der Waals surface area contributed by atoms with Crippen molar-refractivity contribution in [1.82, 2.24) is 0 Å². The molecular weight excluding hydrogens is 338 g/mol. The standard InChI is InChI=1S/C27H50N/c1-4-5-6-7-8-9-10-11-12-13-14-15-16-17-18-19-20-22-27-23-21-24-28(25-27)26(2)3/h21,23-26H,4-20,22H2,1-3H3/q+1.